The van der Waals surface area contributed by atoms with Gasteiger partial charge >= 0.3 is 0 Å². The fourth-order valence-corrected chi connectivity index (χ4v) is 6.92. The smallest absolute Gasteiger partial charge is 0.166 e. The zero-order valence-corrected chi connectivity index (χ0v) is 23.6. The van der Waals surface area contributed by atoms with E-state index in [0.717, 1.165) is 94.8 Å². The second-order valence-corrected chi connectivity index (χ2v) is 11.2. The first-order valence-electron chi connectivity index (χ1n) is 14.0. The minimum absolute atomic E-state index is 0.0951. The summed E-state index contributed by atoms with van der Waals surface area (Å²) in [4.78, 5) is 5.12. The number of morpholine rings is 1. The minimum Gasteiger partial charge on any atom is -0.493 e. The van der Waals surface area contributed by atoms with Crippen molar-refractivity contribution in [1.29, 1.82) is 0 Å². The lowest BCUT2D eigenvalue weighted by molar-refractivity contribution is 0.0389. The van der Waals surface area contributed by atoms with E-state index in [-0.39, 0.29) is 5.41 Å². The molecule has 3 aliphatic rings. The molecule has 2 aromatic rings. The highest BCUT2D eigenvalue weighted by Crippen LogP contribution is 2.50. The van der Waals surface area contributed by atoms with E-state index in [1.54, 1.807) is 14.2 Å². The van der Waals surface area contributed by atoms with Gasteiger partial charge in [-0.3, -0.25) is 9.80 Å². The average molecular weight is 539 g/mol. The van der Waals surface area contributed by atoms with Crippen molar-refractivity contribution >= 4 is 17.3 Å². The Kier molecular flexibility index (Phi) is 9.05. The summed E-state index contributed by atoms with van der Waals surface area (Å²) in [5.41, 5.74) is 2.82. The Bertz CT molecular complexity index is 1060. The van der Waals surface area contributed by atoms with E-state index in [4.69, 9.17) is 26.4 Å². The van der Waals surface area contributed by atoms with Crippen molar-refractivity contribution in [3.8, 4) is 11.5 Å². The van der Waals surface area contributed by atoms with Crippen molar-refractivity contribution < 1.29 is 14.2 Å². The molecule has 5 rings (SSSR count). The van der Waals surface area contributed by atoms with Gasteiger partial charge in [0.05, 0.1) is 27.4 Å². The van der Waals surface area contributed by atoms with E-state index in [0.29, 0.717) is 12.1 Å². The molecule has 7 nitrogen and oxygen atoms in total. The van der Waals surface area contributed by atoms with Crippen molar-refractivity contribution in [3.63, 3.8) is 0 Å². The van der Waals surface area contributed by atoms with Crippen LogP contribution < -0.4 is 20.1 Å². The molecule has 1 aliphatic carbocycles. The van der Waals surface area contributed by atoms with Crippen LogP contribution in [0.3, 0.4) is 0 Å². The summed E-state index contributed by atoms with van der Waals surface area (Å²) < 4.78 is 16.7. The third-order valence-corrected chi connectivity index (χ3v) is 8.97. The number of thiocarbonyl (C=S) groups is 1. The van der Waals surface area contributed by atoms with Gasteiger partial charge in [0.25, 0.3) is 0 Å². The first-order chi connectivity index (χ1) is 18.6. The molecular formula is C30H42N4O3S. The van der Waals surface area contributed by atoms with E-state index in [1.165, 1.54) is 11.1 Å². The van der Waals surface area contributed by atoms with E-state index < -0.39 is 0 Å². The Hall–Kier alpha value is -2.39. The summed E-state index contributed by atoms with van der Waals surface area (Å²) >= 11 is 5.73. The molecule has 0 bridgehead atoms. The summed E-state index contributed by atoms with van der Waals surface area (Å²) in [5.74, 6) is 1.60. The number of fused-ring (bicyclic) bond motifs is 1. The molecule has 0 radical (unpaired) electrons. The normalized spacial score (nSPS) is 25.9. The molecule has 0 amide bonds. The van der Waals surface area contributed by atoms with Gasteiger partial charge in [-0.15, -0.1) is 0 Å². The van der Waals surface area contributed by atoms with E-state index in [9.17, 15) is 0 Å². The maximum absolute atomic E-state index is 5.73. The van der Waals surface area contributed by atoms with Crippen LogP contribution in [0.4, 0.5) is 0 Å². The number of rotatable bonds is 9. The molecule has 8 heteroatoms. The first kappa shape index (κ1) is 27.2. The van der Waals surface area contributed by atoms with Crippen LogP contribution in [0.2, 0.25) is 0 Å². The number of nitrogens with one attached hydrogen (secondary N) is 2. The van der Waals surface area contributed by atoms with Gasteiger partial charge in [-0.05, 0) is 67.7 Å². The van der Waals surface area contributed by atoms with Crippen molar-refractivity contribution in [1.82, 2.24) is 20.4 Å². The fraction of sp³-hybridized carbons (Fsp3) is 0.567. The minimum atomic E-state index is 0.0951. The summed E-state index contributed by atoms with van der Waals surface area (Å²) in [6.07, 6.45) is 4.42. The van der Waals surface area contributed by atoms with Gasteiger partial charge in [0.1, 0.15) is 0 Å². The molecule has 1 saturated carbocycles. The fourth-order valence-electron chi connectivity index (χ4n) is 6.65. The van der Waals surface area contributed by atoms with Crippen molar-refractivity contribution in [2.24, 2.45) is 0 Å². The average Bonchev–Trinajstić information content (AvgIpc) is 3.32. The Morgan fingerprint density at radius 3 is 2.58 bits per heavy atom. The van der Waals surface area contributed by atoms with Gasteiger partial charge in [0.2, 0.25) is 0 Å². The third kappa shape index (κ3) is 6.09. The molecule has 38 heavy (non-hydrogen) atoms. The van der Waals surface area contributed by atoms with E-state index >= 15 is 0 Å². The number of hydrogen-bond donors (Lipinski definition) is 2. The van der Waals surface area contributed by atoms with Crippen molar-refractivity contribution in [3.05, 3.63) is 59.7 Å². The van der Waals surface area contributed by atoms with Gasteiger partial charge in [0.15, 0.2) is 16.6 Å². The molecule has 3 atom stereocenters. The monoisotopic (exact) mass is 538 g/mol. The number of methoxy groups -OCH3 is 2. The molecule has 0 unspecified atom stereocenters. The second kappa shape index (κ2) is 12.6. The summed E-state index contributed by atoms with van der Waals surface area (Å²) in [5, 5.41) is 7.89. The molecule has 3 fully saturated rings. The SMILES string of the molecule is COc1ccc([C@@]23CC[C@H](NC(=S)NCCN4CCOCC4)C[C@H]2N(Cc2ccccc2)CC3)cc1OC. The number of likely N-dealkylation sites (tertiary alicyclic amines) is 1. The van der Waals surface area contributed by atoms with Crippen LogP contribution in [0, 0.1) is 0 Å². The number of nitrogens with zero attached hydrogens (tertiary/aromatic N) is 2. The molecule has 2 aromatic carbocycles. The van der Waals surface area contributed by atoms with Crippen molar-refractivity contribution in [2.45, 2.75) is 49.7 Å². The number of ether oxygens (including phenoxy) is 3. The molecular weight excluding hydrogens is 496 g/mol. The number of hydrogen-bond acceptors (Lipinski definition) is 6. The Morgan fingerprint density at radius 1 is 1.03 bits per heavy atom. The third-order valence-electron chi connectivity index (χ3n) is 8.71. The summed E-state index contributed by atoms with van der Waals surface area (Å²) in [7, 11) is 3.42. The van der Waals surface area contributed by atoms with Crippen LogP contribution in [0.15, 0.2) is 48.5 Å². The van der Waals surface area contributed by atoms with Crippen molar-refractivity contribution in [2.75, 3.05) is 60.2 Å². The maximum atomic E-state index is 5.73. The highest BCUT2D eigenvalue weighted by atomic mass is 32.1. The van der Waals surface area contributed by atoms with Gasteiger partial charge in [-0.2, -0.15) is 0 Å². The molecule has 2 saturated heterocycles. The summed E-state index contributed by atoms with van der Waals surface area (Å²) in [6, 6.07) is 18.2. The second-order valence-electron chi connectivity index (χ2n) is 10.8. The Morgan fingerprint density at radius 2 is 1.82 bits per heavy atom. The first-order valence-corrected chi connectivity index (χ1v) is 14.4. The topological polar surface area (TPSA) is 58.2 Å². The predicted octanol–water partition coefficient (Wildman–Crippen LogP) is 3.56. The molecule has 0 spiro atoms. The van der Waals surface area contributed by atoms with Gasteiger partial charge in [0, 0.05) is 50.2 Å². The van der Waals surface area contributed by atoms with Crippen LogP contribution in [-0.4, -0.2) is 87.2 Å². The van der Waals surface area contributed by atoms with E-state index in [1.807, 2.05) is 0 Å². The van der Waals surface area contributed by atoms with Gasteiger partial charge < -0.3 is 24.8 Å². The Balaban J connectivity index is 1.28. The zero-order valence-electron chi connectivity index (χ0n) is 22.8. The summed E-state index contributed by atoms with van der Waals surface area (Å²) in [6.45, 7) is 7.56. The highest BCUT2D eigenvalue weighted by molar-refractivity contribution is 7.80. The standard InChI is InChI=1S/C30H42N4O3S/c1-35-26-9-8-24(20-27(26)36-2)30-11-10-25(32-29(38)31-13-15-33-16-18-37-19-17-33)21-28(30)34(14-12-30)22-23-6-4-3-5-7-23/h3-9,20,25,28H,10-19,21-22H2,1-2H3,(H2,31,32,38)/t25-,28+,30-/m0/s1. The van der Waals surface area contributed by atoms with E-state index in [2.05, 4.69) is 69.0 Å². The lowest BCUT2D eigenvalue weighted by Crippen LogP contribution is -2.54. The zero-order chi connectivity index (χ0) is 26.4. The van der Waals surface area contributed by atoms with Gasteiger partial charge in [-0.25, -0.2) is 0 Å². The number of benzene rings is 2. The lowest BCUT2D eigenvalue weighted by atomic mass is 9.65. The molecule has 0 aromatic heterocycles. The molecule has 2 N–H and O–H groups in total. The lowest BCUT2D eigenvalue weighted by Gasteiger charge is -2.46. The molecule has 2 heterocycles. The largest absolute Gasteiger partial charge is 0.493 e. The van der Waals surface area contributed by atoms with Crippen LogP contribution in [0.5, 0.6) is 11.5 Å². The van der Waals surface area contributed by atoms with Crippen LogP contribution in [0.1, 0.15) is 36.8 Å². The predicted molar refractivity (Wildman–Crippen MR) is 155 cm³/mol. The Labute approximate surface area is 232 Å². The van der Waals surface area contributed by atoms with Gasteiger partial charge in [-0.1, -0.05) is 36.4 Å². The maximum Gasteiger partial charge on any atom is 0.166 e. The molecule has 2 aliphatic heterocycles. The molecule has 206 valence electrons. The van der Waals surface area contributed by atoms with Crippen LogP contribution in [0.25, 0.3) is 0 Å². The quantitative estimate of drug-likeness (QED) is 0.470. The van der Waals surface area contributed by atoms with Crippen LogP contribution >= 0.6 is 12.2 Å². The highest BCUT2D eigenvalue weighted by Gasteiger charge is 2.51. The van der Waals surface area contributed by atoms with Crippen LogP contribution in [-0.2, 0) is 16.7 Å².